The molecule has 1 aromatic rings. The monoisotopic (exact) mass is 325 g/mol. The molecular weight excluding hydrogens is 298 g/mol. The van der Waals surface area contributed by atoms with Crippen LogP contribution in [0.3, 0.4) is 0 Å². The van der Waals surface area contributed by atoms with Gasteiger partial charge in [0.05, 0.1) is 17.2 Å². The summed E-state index contributed by atoms with van der Waals surface area (Å²) in [5.74, 6) is 0. The number of likely N-dealkylation sites (N-methyl/N-ethyl adjacent to an activating group) is 1. The van der Waals surface area contributed by atoms with Crippen LogP contribution in [0.2, 0.25) is 0 Å². The van der Waals surface area contributed by atoms with E-state index in [2.05, 4.69) is 39.3 Å². The van der Waals surface area contributed by atoms with E-state index in [1.807, 2.05) is 12.3 Å². The summed E-state index contributed by atoms with van der Waals surface area (Å²) in [6, 6.07) is 0.246. The SMILES string of the molecule is CCN1CCN(C(C)CNC(=O)NCc2csc(C)n2)CC1. The lowest BCUT2D eigenvalue weighted by Crippen LogP contribution is -2.52. The average Bonchev–Trinajstić information content (AvgIpc) is 2.96. The minimum absolute atomic E-state index is 0.121. The number of aryl methyl sites for hydroxylation is 1. The minimum atomic E-state index is -0.121. The Bertz CT molecular complexity index is 470. The summed E-state index contributed by atoms with van der Waals surface area (Å²) in [7, 11) is 0. The summed E-state index contributed by atoms with van der Waals surface area (Å²) in [5.41, 5.74) is 0.918. The number of carbonyl (C=O) groups excluding carboxylic acids is 1. The number of nitrogens with zero attached hydrogens (tertiary/aromatic N) is 3. The molecule has 0 spiro atoms. The molecular formula is C15H27N5OS. The first kappa shape index (κ1) is 17.2. The van der Waals surface area contributed by atoms with Crippen molar-refractivity contribution in [1.29, 1.82) is 0 Å². The van der Waals surface area contributed by atoms with E-state index in [-0.39, 0.29) is 6.03 Å². The van der Waals surface area contributed by atoms with Gasteiger partial charge in [0.25, 0.3) is 0 Å². The molecule has 2 N–H and O–H groups in total. The molecule has 1 aliphatic rings. The van der Waals surface area contributed by atoms with Crippen LogP contribution in [0.25, 0.3) is 0 Å². The van der Waals surface area contributed by atoms with Crippen molar-refractivity contribution in [2.45, 2.75) is 33.4 Å². The van der Waals surface area contributed by atoms with Gasteiger partial charge in [-0.3, -0.25) is 4.90 Å². The third-order valence-electron chi connectivity index (χ3n) is 4.13. The van der Waals surface area contributed by atoms with Crippen molar-refractivity contribution in [2.24, 2.45) is 0 Å². The van der Waals surface area contributed by atoms with E-state index in [1.165, 1.54) is 0 Å². The molecule has 1 atom stereocenters. The van der Waals surface area contributed by atoms with Gasteiger partial charge in [-0.05, 0) is 20.4 Å². The zero-order valence-electron chi connectivity index (χ0n) is 13.8. The van der Waals surface area contributed by atoms with Crippen LogP contribution < -0.4 is 10.6 Å². The van der Waals surface area contributed by atoms with Crippen LogP contribution in [0.4, 0.5) is 4.79 Å². The molecule has 1 fully saturated rings. The molecule has 0 aliphatic carbocycles. The summed E-state index contributed by atoms with van der Waals surface area (Å²) < 4.78 is 0. The smallest absolute Gasteiger partial charge is 0.315 e. The highest BCUT2D eigenvalue weighted by Crippen LogP contribution is 2.07. The topological polar surface area (TPSA) is 60.5 Å². The fourth-order valence-electron chi connectivity index (χ4n) is 2.61. The molecule has 0 bridgehead atoms. The number of thiazole rings is 1. The fraction of sp³-hybridized carbons (Fsp3) is 0.733. The number of hydrogen-bond donors (Lipinski definition) is 2. The number of nitrogens with one attached hydrogen (secondary N) is 2. The van der Waals surface area contributed by atoms with Gasteiger partial charge in [-0.25, -0.2) is 9.78 Å². The normalized spacial score (nSPS) is 18.1. The van der Waals surface area contributed by atoms with Gasteiger partial charge in [-0.1, -0.05) is 6.92 Å². The van der Waals surface area contributed by atoms with E-state index in [1.54, 1.807) is 11.3 Å². The summed E-state index contributed by atoms with van der Waals surface area (Å²) in [6.45, 7) is 13.0. The molecule has 1 unspecified atom stereocenters. The minimum Gasteiger partial charge on any atom is -0.337 e. The molecule has 2 rings (SSSR count). The van der Waals surface area contributed by atoms with Gasteiger partial charge >= 0.3 is 6.03 Å². The maximum atomic E-state index is 11.8. The highest BCUT2D eigenvalue weighted by molar-refractivity contribution is 7.09. The average molecular weight is 325 g/mol. The van der Waals surface area contributed by atoms with Crippen LogP contribution in [-0.4, -0.2) is 66.1 Å². The first-order valence-corrected chi connectivity index (χ1v) is 8.85. The second kappa shape index (κ2) is 8.45. The lowest BCUT2D eigenvalue weighted by Gasteiger charge is -2.37. The van der Waals surface area contributed by atoms with Crippen LogP contribution in [-0.2, 0) is 6.54 Å². The van der Waals surface area contributed by atoms with Gasteiger partial charge < -0.3 is 15.5 Å². The van der Waals surface area contributed by atoms with E-state index in [9.17, 15) is 4.79 Å². The zero-order valence-corrected chi connectivity index (χ0v) is 14.6. The van der Waals surface area contributed by atoms with Crippen LogP contribution in [0.5, 0.6) is 0 Å². The second-order valence-corrected chi connectivity index (χ2v) is 6.80. The van der Waals surface area contributed by atoms with Crippen LogP contribution in [0.15, 0.2) is 5.38 Å². The largest absolute Gasteiger partial charge is 0.337 e. The predicted molar refractivity (Wildman–Crippen MR) is 90.2 cm³/mol. The Kier molecular flexibility index (Phi) is 6.60. The van der Waals surface area contributed by atoms with Gasteiger partial charge in [-0.2, -0.15) is 0 Å². The Morgan fingerprint density at radius 1 is 1.36 bits per heavy atom. The van der Waals surface area contributed by atoms with Crippen LogP contribution >= 0.6 is 11.3 Å². The van der Waals surface area contributed by atoms with E-state index in [0.717, 1.165) is 43.4 Å². The maximum Gasteiger partial charge on any atom is 0.315 e. The maximum absolute atomic E-state index is 11.8. The molecule has 0 aromatic carbocycles. The van der Waals surface area contributed by atoms with E-state index < -0.39 is 0 Å². The number of aromatic nitrogens is 1. The number of hydrogen-bond acceptors (Lipinski definition) is 5. The Hall–Kier alpha value is -1.18. The zero-order chi connectivity index (χ0) is 15.9. The number of urea groups is 1. The lowest BCUT2D eigenvalue weighted by atomic mass is 10.2. The first-order valence-electron chi connectivity index (χ1n) is 7.97. The second-order valence-electron chi connectivity index (χ2n) is 5.74. The number of rotatable bonds is 6. The van der Waals surface area contributed by atoms with Crippen molar-refractivity contribution in [2.75, 3.05) is 39.3 Å². The highest BCUT2D eigenvalue weighted by atomic mass is 32.1. The van der Waals surface area contributed by atoms with Crippen molar-refractivity contribution < 1.29 is 4.79 Å². The summed E-state index contributed by atoms with van der Waals surface area (Å²) in [6.07, 6.45) is 0. The quantitative estimate of drug-likeness (QED) is 0.827. The molecule has 7 heteroatoms. The molecule has 2 amide bonds. The summed E-state index contributed by atoms with van der Waals surface area (Å²) >= 11 is 1.60. The Morgan fingerprint density at radius 3 is 2.68 bits per heavy atom. The molecule has 124 valence electrons. The van der Waals surface area contributed by atoms with Crippen molar-refractivity contribution in [3.63, 3.8) is 0 Å². The molecule has 0 radical (unpaired) electrons. The molecule has 0 saturated carbocycles. The van der Waals surface area contributed by atoms with Gasteiger partial charge in [-0.15, -0.1) is 11.3 Å². The Labute approximate surface area is 136 Å². The van der Waals surface area contributed by atoms with Crippen LogP contribution in [0.1, 0.15) is 24.5 Å². The van der Waals surface area contributed by atoms with Crippen molar-refractivity contribution >= 4 is 17.4 Å². The number of carbonyl (C=O) groups is 1. The van der Waals surface area contributed by atoms with Gasteiger partial charge in [0.1, 0.15) is 0 Å². The molecule has 6 nitrogen and oxygen atoms in total. The first-order chi connectivity index (χ1) is 10.6. The molecule has 2 heterocycles. The molecule has 1 aromatic heterocycles. The lowest BCUT2D eigenvalue weighted by molar-refractivity contribution is 0.106. The fourth-order valence-corrected chi connectivity index (χ4v) is 3.23. The van der Waals surface area contributed by atoms with Gasteiger partial charge in [0.15, 0.2) is 0 Å². The third-order valence-corrected chi connectivity index (χ3v) is 4.95. The van der Waals surface area contributed by atoms with Gasteiger partial charge in [0, 0.05) is 44.1 Å². The third kappa shape index (κ3) is 5.23. The molecule has 1 aliphatic heterocycles. The highest BCUT2D eigenvalue weighted by Gasteiger charge is 2.20. The van der Waals surface area contributed by atoms with E-state index in [0.29, 0.717) is 19.1 Å². The Balaban J connectivity index is 1.63. The Morgan fingerprint density at radius 2 is 2.09 bits per heavy atom. The van der Waals surface area contributed by atoms with Gasteiger partial charge in [0.2, 0.25) is 0 Å². The summed E-state index contributed by atoms with van der Waals surface area (Å²) in [5, 5.41) is 8.81. The van der Waals surface area contributed by atoms with Crippen LogP contribution in [0, 0.1) is 6.92 Å². The molecule has 22 heavy (non-hydrogen) atoms. The number of piperazine rings is 1. The standard InChI is InChI=1S/C15H27N5OS/c1-4-19-5-7-20(8-6-19)12(2)9-16-15(21)17-10-14-11-22-13(3)18-14/h11-12H,4-10H2,1-3H3,(H2,16,17,21). The summed E-state index contributed by atoms with van der Waals surface area (Å²) in [4.78, 5) is 21.1. The van der Waals surface area contributed by atoms with Crippen molar-refractivity contribution in [1.82, 2.24) is 25.4 Å². The van der Waals surface area contributed by atoms with E-state index >= 15 is 0 Å². The van der Waals surface area contributed by atoms with E-state index in [4.69, 9.17) is 0 Å². The molecule has 1 saturated heterocycles. The van der Waals surface area contributed by atoms with Crippen molar-refractivity contribution in [3.05, 3.63) is 16.1 Å². The number of amides is 2. The predicted octanol–water partition coefficient (Wildman–Crippen LogP) is 1.28. The van der Waals surface area contributed by atoms with Crippen molar-refractivity contribution in [3.8, 4) is 0 Å².